The van der Waals surface area contributed by atoms with Crippen molar-refractivity contribution in [1.82, 2.24) is 5.32 Å². The molecule has 1 amide bonds. The molecule has 84 valence electrons. The highest BCUT2D eigenvalue weighted by molar-refractivity contribution is 7.12. The van der Waals surface area contributed by atoms with Crippen LogP contribution in [0.5, 0.6) is 0 Å². The van der Waals surface area contributed by atoms with E-state index in [0.29, 0.717) is 0 Å². The molecule has 0 radical (unpaired) electrons. The monoisotopic (exact) mass is 226 g/mol. The summed E-state index contributed by atoms with van der Waals surface area (Å²) in [4.78, 5) is 13.7. The number of hydrogen-bond donors (Lipinski definition) is 2. The molecule has 0 bridgehead atoms. The Bertz CT molecular complexity index is 357. The van der Waals surface area contributed by atoms with Crippen molar-refractivity contribution in [3.05, 3.63) is 21.4 Å². The highest BCUT2D eigenvalue weighted by atomic mass is 32.1. The van der Waals surface area contributed by atoms with E-state index in [-0.39, 0.29) is 18.0 Å². The fourth-order valence-corrected chi connectivity index (χ4v) is 2.56. The summed E-state index contributed by atoms with van der Waals surface area (Å²) < 4.78 is 0. The number of rotatable bonds is 4. The molecular formula is C11H18N2OS. The lowest BCUT2D eigenvalue weighted by Gasteiger charge is -2.18. The summed E-state index contributed by atoms with van der Waals surface area (Å²) in [5.74, 6) is -0.315. The Kier molecular flexibility index (Phi) is 3.88. The van der Waals surface area contributed by atoms with Crippen molar-refractivity contribution in [3.63, 3.8) is 0 Å². The summed E-state index contributed by atoms with van der Waals surface area (Å²) in [7, 11) is 0. The lowest BCUT2D eigenvalue weighted by molar-refractivity contribution is -0.120. The summed E-state index contributed by atoms with van der Waals surface area (Å²) in [6.45, 7) is 8.06. The highest BCUT2D eigenvalue weighted by Gasteiger charge is 2.21. The van der Waals surface area contributed by atoms with Gasteiger partial charge in [0.05, 0.1) is 0 Å². The van der Waals surface area contributed by atoms with Crippen LogP contribution in [0.15, 0.2) is 6.07 Å². The number of carbonyl (C=O) groups is 1. The van der Waals surface area contributed by atoms with Crippen molar-refractivity contribution in [2.75, 3.05) is 0 Å². The second kappa shape index (κ2) is 4.77. The van der Waals surface area contributed by atoms with Crippen molar-refractivity contribution < 1.29 is 4.79 Å². The van der Waals surface area contributed by atoms with E-state index in [4.69, 9.17) is 5.73 Å². The van der Waals surface area contributed by atoms with Crippen LogP contribution in [0.1, 0.15) is 35.2 Å². The minimum atomic E-state index is -0.366. The van der Waals surface area contributed by atoms with Crippen LogP contribution in [0.25, 0.3) is 0 Å². The summed E-state index contributed by atoms with van der Waals surface area (Å²) >= 11 is 1.69. The molecule has 0 fully saturated rings. The zero-order valence-electron chi connectivity index (χ0n) is 9.63. The Morgan fingerprint density at radius 1 is 1.47 bits per heavy atom. The average Bonchev–Trinajstić information content (AvgIpc) is 2.40. The van der Waals surface area contributed by atoms with Crippen molar-refractivity contribution in [2.24, 2.45) is 5.73 Å². The molecule has 0 aliphatic heterocycles. The van der Waals surface area contributed by atoms with E-state index < -0.39 is 0 Å². The van der Waals surface area contributed by atoms with Gasteiger partial charge in [0.1, 0.15) is 6.04 Å². The molecular weight excluding hydrogens is 208 g/mol. The number of primary amides is 1. The molecule has 1 aromatic heterocycles. The van der Waals surface area contributed by atoms with E-state index in [1.807, 2.05) is 33.8 Å². The van der Waals surface area contributed by atoms with Gasteiger partial charge in [0.2, 0.25) is 5.91 Å². The Labute approximate surface area is 94.7 Å². The van der Waals surface area contributed by atoms with Gasteiger partial charge in [0.25, 0.3) is 0 Å². The molecule has 0 saturated heterocycles. The van der Waals surface area contributed by atoms with Crippen LogP contribution >= 0.6 is 11.3 Å². The van der Waals surface area contributed by atoms with E-state index in [1.165, 1.54) is 4.88 Å². The van der Waals surface area contributed by atoms with Crippen LogP contribution in [-0.4, -0.2) is 11.9 Å². The smallest absolute Gasteiger partial charge is 0.239 e. The summed E-state index contributed by atoms with van der Waals surface area (Å²) in [6, 6.07) is 1.90. The van der Waals surface area contributed by atoms with E-state index in [1.54, 1.807) is 11.3 Å². The van der Waals surface area contributed by atoms with E-state index in [0.717, 1.165) is 10.4 Å². The minimum Gasteiger partial charge on any atom is -0.368 e. The number of hydrogen-bond acceptors (Lipinski definition) is 3. The van der Waals surface area contributed by atoms with Gasteiger partial charge in [-0.25, -0.2) is 0 Å². The van der Waals surface area contributed by atoms with Gasteiger partial charge in [-0.1, -0.05) is 0 Å². The maximum absolute atomic E-state index is 11.4. The molecule has 0 spiro atoms. The van der Waals surface area contributed by atoms with Crippen molar-refractivity contribution in [3.8, 4) is 0 Å². The van der Waals surface area contributed by atoms with Crippen LogP contribution in [0.3, 0.4) is 0 Å². The molecule has 1 atom stereocenters. The predicted molar refractivity (Wildman–Crippen MR) is 64.0 cm³/mol. The first-order valence-corrected chi connectivity index (χ1v) is 5.85. The summed E-state index contributed by atoms with van der Waals surface area (Å²) in [5, 5.41) is 3.18. The third-order valence-electron chi connectivity index (χ3n) is 2.17. The maximum atomic E-state index is 11.4. The standard InChI is InChI=1S/C11H18N2OS/c1-6(2)13-10(11(12)14)9-5-7(3)15-8(9)4/h5-6,10,13H,1-4H3,(H2,12,14). The van der Waals surface area contributed by atoms with Crippen molar-refractivity contribution in [1.29, 1.82) is 0 Å². The molecule has 0 aliphatic rings. The topological polar surface area (TPSA) is 55.1 Å². The van der Waals surface area contributed by atoms with Crippen LogP contribution < -0.4 is 11.1 Å². The Hall–Kier alpha value is -0.870. The summed E-state index contributed by atoms with van der Waals surface area (Å²) in [5.41, 5.74) is 6.41. The van der Waals surface area contributed by atoms with E-state index in [2.05, 4.69) is 5.32 Å². The fraction of sp³-hybridized carbons (Fsp3) is 0.545. The Morgan fingerprint density at radius 2 is 2.07 bits per heavy atom. The van der Waals surface area contributed by atoms with Crippen LogP contribution in [0.4, 0.5) is 0 Å². The molecule has 1 aromatic rings. The van der Waals surface area contributed by atoms with E-state index >= 15 is 0 Å². The van der Waals surface area contributed by atoms with Crippen LogP contribution in [-0.2, 0) is 4.79 Å². The molecule has 4 heteroatoms. The average molecular weight is 226 g/mol. The molecule has 1 heterocycles. The SMILES string of the molecule is Cc1cc(C(NC(C)C)C(N)=O)c(C)s1. The van der Waals surface area contributed by atoms with Crippen molar-refractivity contribution in [2.45, 2.75) is 39.8 Å². The fourth-order valence-electron chi connectivity index (χ4n) is 1.60. The number of carbonyl (C=O) groups excluding carboxylic acids is 1. The first-order chi connectivity index (χ1) is 6.91. The van der Waals surface area contributed by atoms with Gasteiger partial charge in [0, 0.05) is 15.8 Å². The van der Waals surface area contributed by atoms with Crippen LogP contribution in [0.2, 0.25) is 0 Å². The lowest BCUT2D eigenvalue weighted by Crippen LogP contribution is -2.37. The highest BCUT2D eigenvalue weighted by Crippen LogP contribution is 2.26. The third kappa shape index (κ3) is 3.04. The van der Waals surface area contributed by atoms with Crippen LogP contribution in [0, 0.1) is 13.8 Å². The molecule has 15 heavy (non-hydrogen) atoms. The zero-order chi connectivity index (χ0) is 11.6. The number of aryl methyl sites for hydroxylation is 2. The number of nitrogens with two attached hydrogens (primary N) is 1. The minimum absolute atomic E-state index is 0.238. The molecule has 1 unspecified atom stereocenters. The second-order valence-electron chi connectivity index (χ2n) is 4.03. The summed E-state index contributed by atoms with van der Waals surface area (Å²) in [6.07, 6.45) is 0. The third-order valence-corrected chi connectivity index (χ3v) is 3.16. The van der Waals surface area contributed by atoms with Gasteiger partial charge in [-0.2, -0.15) is 0 Å². The molecule has 1 rings (SSSR count). The van der Waals surface area contributed by atoms with Gasteiger partial charge in [-0.05, 0) is 39.3 Å². The first kappa shape index (κ1) is 12.2. The zero-order valence-corrected chi connectivity index (χ0v) is 10.4. The quantitative estimate of drug-likeness (QED) is 0.823. The second-order valence-corrected chi connectivity index (χ2v) is 5.49. The Morgan fingerprint density at radius 3 is 2.40 bits per heavy atom. The van der Waals surface area contributed by atoms with Gasteiger partial charge in [-0.3, -0.25) is 10.1 Å². The lowest BCUT2D eigenvalue weighted by atomic mass is 10.1. The Balaban J connectivity index is 2.98. The molecule has 0 aliphatic carbocycles. The van der Waals surface area contributed by atoms with Gasteiger partial charge >= 0.3 is 0 Å². The maximum Gasteiger partial charge on any atom is 0.239 e. The molecule has 3 nitrogen and oxygen atoms in total. The van der Waals surface area contributed by atoms with Gasteiger partial charge in [0.15, 0.2) is 0 Å². The number of thiophene rings is 1. The number of nitrogens with one attached hydrogen (secondary N) is 1. The van der Waals surface area contributed by atoms with Crippen molar-refractivity contribution >= 4 is 17.2 Å². The van der Waals surface area contributed by atoms with E-state index in [9.17, 15) is 4.79 Å². The first-order valence-electron chi connectivity index (χ1n) is 5.04. The normalized spacial score (nSPS) is 13.1. The number of amides is 1. The van der Waals surface area contributed by atoms with Gasteiger partial charge in [-0.15, -0.1) is 11.3 Å². The molecule has 0 saturated carbocycles. The molecule has 0 aromatic carbocycles. The predicted octanol–water partition coefficient (Wildman–Crippen LogP) is 1.89. The molecule has 3 N–H and O–H groups in total. The van der Waals surface area contributed by atoms with Gasteiger partial charge < -0.3 is 5.73 Å². The largest absolute Gasteiger partial charge is 0.368 e.